The topological polar surface area (TPSA) is 78.1 Å². The Kier molecular flexibility index (Phi) is 5.01. The van der Waals surface area contributed by atoms with Gasteiger partial charge in [-0.15, -0.1) is 5.10 Å². The molecule has 0 unspecified atom stereocenters. The van der Waals surface area contributed by atoms with Crippen molar-refractivity contribution in [2.75, 3.05) is 0 Å². The summed E-state index contributed by atoms with van der Waals surface area (Å²) < 4.78 is 6.10. The van der Waals surface area contributed by atoms with Crippen LogP contribution in [-0.4, -0.2) is 27.5 Å². The van der Waals surface area contributed by atoms with Gasteiger partial charge in [-0.25, -0.2) is 0 Å². The van der Waals surface area contributed by atoms with Gasteiger partial charge < -0.3 is 10.5 Å². The molecule has 0 aliphatic heterocycles. The number of amides is 1. The van der Waals surface area contributed by atoms with E-state index >= 15 is 0 Å². The average molecular weight is 261 g/mol. The van der Waals surface area contributed by atoms with Gasteiger partial charge in [-0.1, -0.05) is 23.8 Å². The molecule has 5 nitrogen and oxygen atoms in total. The quantitative estimate of drug-likeness (QED) is 0.788. The molecule has 7 heteroatoms. The summed E-state index contributed by atoms with van der Waals surface area (Å²) in [5.74, 6) is -0.325. The molecule has 0 aliphatic rings. The molecule has 0 spiro atoms. The Morgan fingerprint density at radius 3 is 2.75 bits per heavy atom. The van der Waals surface area contributed by atoms with Gasteiger partial charge in [0.2, 0.25) is 5.91 Å². The van der Waals surface area contributed by atoms with Crippen molar-refractivity contribution in [2.24, 2.45) is 5.73 Å². The molecular weight excluding hydrogens is 246 g/mol. The minimum absolute atomic E-state index is 0.0731. The Morgan fingerprint density at radius 1 is 1.56 bits per heavy atom. The summed E-state index contributed by atoms with van der Waals surface area (Å²) in [4.78, 5) is 11.0. The van der Waals surface area contributed by atoms with Gasteiger partial charge in [-0.3, -0.25) is 4.79 Å². The van der Waals surface area contributed by atoms with Gasteiger partial charge in [0.15, 0.2) is 4.34 Å². The SMILES string of the molecule is CC[C@@H](Sc1nnc(OC(C)C)s1)C(N)=O. The first-order valence-electron chi connectivity index (χ1n) is 4.99. The maximum atomic E-state index is 11.0. The lowest BCUT2D eigenvalue weighted by atomic mass is 10.3. The summed E-state index contributed by atoms with van der Waals surface area (Å²) >= 11 is 2.67. The summed E-state index contributed by atoms with van der Waals surface area (Å²) in [7, 11) is 0. The summed E-state index contributed by atoms with van der Waals surface area (Å²) in [6, 6.07) is 0. The van der Waals surface area contributed by atoms with E-state index in [1.165, 1.54) is 23.1 Å². The van der Waals surface area contributed by atoms with Crippen LogP contribution >= 0.6 is 23.1 Å². The molecule has 1 rings (SSSR count). The first-order valence-corrected chi connectivity index (χ1v) is 6.68. The van der Waals surface area contributed by atoms with Crippen molar-refractivity contribution in [1.29, 1.82) is 0 Å². The van der Waals surface area contributed by atoms with Gasteiger partial charge in [0.25, 0.3) is 5.19 Å². The highest BCUT2D eigenvalue weighted by molar-refractivity contribution is 8.02. The summed E-state index contributed by atoms with van der Waals surface area (Å²) in [6.45, 7) is 5.76. The van der Waals surface area contributed by atoms with Crippen molar-refractivity contribution in [3.05, 3.63) is 0 Å². The van der Waals surface area contributed by atoms with Crippen LogP contribution in [0.25, 0.3) is 0 Å². The minimum Gasteiger partial charge on any atom is -0.466 e. The van der Waals surface area contributed by atoms with Crippen LogP contribution < -0.4 is 10.5 Å². The molecule has 1 aromatic heterocycles. The van der Waals surface area contributed by atoms with Crippen molar-refractivity contribution in [3.8, 4) is 5.19 Å². The third kappa shape index (κ3) is 3.97. The number of rotatable bonds is 6. The van der Waals surface area contributed by atoms with Gasteiger partial charge in [0, 0.05) is 0 Å². The maximum Gasteiger partial charge on any atom is 0.295 e. The smallest absolute Gasteiger partial charge is 0.295 e. The van der Waals surface area contributed by atoms with Gasteiger partial charge >= 0.3 is 0 Å². The summed E-state index contributed by atoms with van der Waals surface area (Å²) in [5.41, 5.74) is 5.25. The summed E-state index contributed by atoms with van der Waals surface area (Å²) in [5, 5.41) is 8.09. The van der Waals surface area contributed by atoms with Crippen LogP contribution in [0.2, 0.25) is 0 Å². The number of primary amides is 1. The van der Waals surface area contributed by atoms with E-state index in [-0.39, 0.29) is 17.3 Å². The Hall–Kier alpha value is -0.820. The Bertz CT molecular complexity index is 354. The fourth-order valence-electron chi connectivity index (χ4n) is 0.958. The lowest BCUT2D eigenvalue weighted by Crippen LogP contribution is -2.24. The van der Waals surface area contributed by atoms with Crippen molar-refractivity contribution >= 4 is 29.0 Å². The van der Waals surface area contributed by atoms with E-state index in [9.17, 15) is 4.79 Å². The number of thioether (sulfide) groups is 1. The summed E-state index contributed by atoms with van der Waals surface area (Å²) in [6.07, 6.45) is 0.754. The lowest BCUT2D eigenvalue weighted by Gasteiger charge is -2.06. The van der Waals surface area contributed by atoms with Crippen LogP contribution in [0.15, 0.2) is 4.34 Å². The largest absolute Gasteiger partial charge is 0.466 e. The van der Waals surface area contributed by atoms with E-state index in [4.69, 9.17) is 10.5 Å². The van der Waals surface area contributed by atoms with Crippen molar-refractivity contribution < 1.29 is 9.53 Å². The molecule has 0 bridgehead atoms. The van der Waals surface area contributed by atoms with E-state index in [0.29, 0.717) is 16.0 Å². The zero-order valence-electron chi connectivity index (χ0n) is 9.47. The molecule has 1 atom stereocenters. The number of carbonyl (C=O) groups excluding carboxylic acids is 1. The van der Waals surface area contributed by atoms with Crippen LogP contribution in [0.4, 0.5) is 0 Å². The number of nitrogens with zero attached hydrogens (tertiary/aromatic N) is 2. The first kappa shape index (κ1) is 13.2. The highest BCUT2D eigenvalue weighted by atomic mass is 32.2. The van der Waals surface area contributed by atoms with Crippen LogP contribution in [-0.2, 0) is 4.79 Å². The fraction of sp³-hybridized carbons (Fsp3) is 0.667. The molecular formula is C9H15N3O2S2. The number of carbonyl (C=O) groups is 1. The lowest BCUT2D eigenvalue weighted by molar-refractivity contribution is -0.117. The fourth-order valence-corrected chi connectivity index (χ4v) is 2.88. The maximum absolute atomic E-state index is 11.0. The Balaban J connectivity index is 2.60. The molecule has 0 saturated carbocycles. The van der Waals surface area contributed by atoms with Gasteiger partial charge in [-0.05, 0) is 31.6 Å². The third-order valence-electron chi connectivity index (χ3n) is 1.66. The van der Waals surface area contributed by atoms with Gasteiger partial charge in [0.1, 0.15) is 0 Å². The first-order chi connectivity index (χ1) is 7.52. The van der Waals surface area contributed by atoms with Crippen LogP contribution in [0.1, 0.15) is 27.2 Å². The molecule has 0 fully saturated rings. The highest BCUT2D eigenvalue weighted by Gasteiger charge is 2.17. The third-order valence-corrected chi connectivity index (χ3v) is 3.94. The van der Waals surface area contributed by atoms with Crippen LogP contribution in [0, 0.1) is 0 Å². The average Bonchev–Trinajstić information content (AvgIpc) is 2.60. The highest BCUT2D eigenvalue weighted by Crippen LogP contribution is 2.31. The van der Waals surface area contributed by atoms with Crippen molar-refractivity contribution in [2.45, 2.75) is 42.9 Å². The van der Waals surface area contributed by atoms with E-state index in [0.717, 1.165) is 0 Å². The standard InChI is InChI=1S/C9H15N3O2S2/c1-4-6(7(10)13)15-9-12-11-8(16-9)14-5(2)3/h5-6H,4H2,1-3H3,(H2,10,13)/t6-/m1/s1. The Morgan fingerprint density at radius 2 is 2.25 bits per heavy atom. The molecule has 0 saturated heterocycles. The van der Waals surface area contributed by atoms with Gasteiger partial charge in [0.05, 0.1) is 11.4 Å². The molecule has 0 aliphatic carbocycles. The van der Waals surface area contributed by atoms with E-state index in [2.05, 4.69) is 10.2 Å². The molecule has 1 heterocycles. The van der Waals surface area contributed by atoms with Crippen molar-refractivity contribution in [3.63, 3.8) is 0 Å². The monoisotopic (exact) mass is 261 g/mol. The predicted molar refractivity (Wildman–Crippen MR) is 64.8 cm³/mol. The second kappa shape index (κ2) is 6.05. The van der Waals surface area contributed by atoms with E-state index in [1.54, 1.807) is 0 Å². The number of ether oxygens (including phenoxy) is 1. The molecule has 1 aromatic rings. The second-order valence-electron chi connectivity index (χ2n) is 3.42. The zero-order chi connectivity index (χ0) is 12.1. The van der Waals surface area contributed by atoms with Crippen LogP contribution in [0.3, 0.4) is 0 Å². The van der Waals surface area contributed by atoms with Gasteiger partial charge in [-0.2, -0.15) is 0 Å². The molecule has 16 heavy (non-hydrogen) atoms. The van der Waals surface area contributed by atoms with Crippen molar-refractivity contribution in [1.82, 2.24) is 10.2 Å². The van der Waals surface area contributed by atoms with Crippen LogP contribution in [0.5, 0.6) is 5.19 Å². The predicted octanol–water partition coefficient (Wildman–Crippen LogP) is 1.68. The Labute approximate surface area is 103 Å². The number of hydrogen-bond donors (Lipinski definition) is 1. The molecule has 1 amide bonds. The molecule has 0 aromatic carbocycles. The number of aromatic nitrogens is 2. The molecule has 0 radical (unpaired) electrons. The number of nitrogens with two attached hydrogens (primary N) is 1. The van der Waals surface area contributed by atoms with E-state index in [1.807, 2.05) is 20.8 Å². The second-order valence-corrected chi connectivity index (χ2v) is 5.81. The molecule has 90 valence electrons. The van der Waals surface area contributed by atoms with E-state index < -0.39 is 0 Å². The minimum atomic E-state index is -0.325. The normalized spacial score (nSPS) is 12.8. The zero-order valence-corrected chi connectivity index (χ0v) is 11.1. The molecule has 2 N–H and O–H groups in total. The number of hydrogen-bond acceptors (Lipinski definition) is 6.